The lowest BCUT2D eigenvalue weighted by atomic mass is 9.88. The molecule has 1 heterocycles. The molecule has 1 aliphatic rings. The van der Waals surface area contributed by atoms with Gasteiger partial charge in [-0.2, -0.15) is 0 Å². The molecule has 1 N–H and O–H groups in total. The molecule has 4 rings (SSSR count). The second-order valence-corrected chi connectivity index (χ2v) is 8.69. The molecule has 0 spiro atoms. The lowest BCUT2D eigenvalue weighted by Gasteiger charge is -2.38. The summed E-state index contributed by atoms with van der Waals surface area (Å²) in [4.78, 5) is 27.4. The number of carbonyl (C=O) groups is 2. The Morgan fingerprint density at radius 1 is 0.906 bits per heavy atom. The molecule has 0 saturated heterocycles. The van der Waals surface area contributed by atoms with Gasteiger partial charge in [-0.25, -0.2) is 0 Å². The van der Waals surface area contributed by atoms with E-state index in [1.54, 1.807) is 12.1 Å². The van der Waals surface area contributed by atoms with Crippen LogP contribution < -0.4 is 5.32 Å². The SMILES string of the molecule is O=C(CCC(=O)N1CCc2ccccc2[C@@H]1c1ccccc1)NCc1ccc(Cl)c(Cl)c1. The number of hydrogen-bond acceptors (Lipinski definition) is 2. The summed E-state index contributed by atoms with van der Waals surface area (Å²) in [6.45, 7) is 0.980. The summed E-state index contributed by atoms with van der Waals surface area (Å²) in [6.07, 6.45) is 1.12. The Hall–Kier alpha value is -2.82. The summed E-state index contributed by atoms with van der Waals surface area (Å²) >= 11 is 12.0. The molecule has 32 heavy (non-hydrogen) atoms. The molecule has 2 amide bonds. The maximum atomic E-state index is 13.2. The van der Waals surface area contributed by atoms with Gasteiger partial charge in [0, 0.05) is 25.9 Å². The van der Waals surface area contributed by atoms with Crippen LogP contribution in [0.25, 0.3) is 0 Å². The molecule has 0 unspecified atom stereocenters. The number of rotatable bonds is 6. The highest BCUT2D eigenvalue weighted by molar-refractivity contribution is 6.42. The van der Waals surface area contributed by atoms with Crippen molar-refractivity contribution in [2.75, 3.05) is 6.54 Å². The summed E-state index contributed by atoms with van der Waals surface area (Å²) in [5.41, 5.74) is 4.36. The first-order valence-corrected chi connectivity index (χ1v) is 11.4. The Morgan fingerprint density at radius 2 is 1.66 bits per heavy atom. The Morgan fingerprint density at radius 3 is 2.44 bits per heavy atom. The first kappa shape index (κ1) is 22.4. The maximum Gasteiger partial charge on any atom is 0.223 e. The van der Waals surface area contributed by atoms with E-state index in [0.717, 1.165) is 23.1 Å². The van der Waals surface area contributed by atoms with Crippen LogP contribution in [0.5, 0.6) is 0 Å². The lowest BCUT2D eigenvalue weighted by molar-refractivity contribution is -0.135. The van der Waals surface area contributed by atoms with E-state index in [4.69, 9.17) is 23.2 Å². The van der Waals surface area contributed by atoms with Gasteiger partial charge in [0.2, 0.25) is 11.8 Å². The number of benzene rings is 3. The van der Waals surface area contributed by atoms with E-state index in [2.05, 4.69) is 29.6 Å². The second kappa shape index (κ2) is 10.2. The zero-order valence-corrected chi connectivity index (χ0v) is 19.1. The van der Waals surface area contributed by atoms with Crippen molar-refractivity contribution >= 4 is 35.0 Å². The van der Waals surface area contributed by atoms with Crippen molar-refractivity contribution < 1.29 is 9.59 Å². The number of fused-ring (bicyclic) bond motifs is 1. The number of nitrogens with one attached hydrogen (secondary N) is 1. The molecule has 4 nitrogen and oxygen atoms in total. The predicted octanol–water partition coefficient (Wildman–Crippen LogP) is 5.56. The highest BCUT2D eigenvalue weighted by Gasteiger charge is 2.31. The van der Waals surface area contributed by atoms with E-state index in [-0.39, 0.29) is 30.7 Å². The van der Waals surface area contributed by atoms with Crippen LogP contribution >= 0.6 is 23.2 Å². The van der Waals surface area contributed by atoms with E-state index < -0.39 is 0 Å². The van der Waals surface area contributed by atoms with Crippen molar-refractivity contribution in [2.45, 2.75) is 31.8 Å². The first-order chi connectivity index (χ1) is 15.5. The van der Waals surface area contributed by atoms with Gasteiger partial charge in [-0.3, -0.25) is 9.59 Å². The number of halogens is 2. The third kappa shape index (κ3) is 5.14. The van der Waals surface area contributed by atoms with Gasteiger partial charge in [-0.05, 0) is 40.8 Å². The normalized spacial score (nSPS) is 15.2. The van der Waals surface area contributed by atoms with Crippen molar-refractivity contribution in [3.05, 3.63) is 105 Å². The minimum atomic E-state index is -0.168. The average Bonchev–Trinajstić information content (AvgIpc) is 2.83. The number of hydrogen-bond donors (Lipinski definition) is 1. The molecule has 0 bridgehead atoms. The van der Waals surface area contributed by atoms with Crippen LogP contribution in [0.4, 0.5) is 0 Å². The topological polar surface area (TPSA) is 49.4 Å². The van der Waals surface area contributed by atoms with Gasteiger partial charge in [0.15, 0.2) is 0 Å². The molecule has 3 aromatic carbocycles. The Bertz CT molecular complexity index is 1120. The molecule has 3 aromatic rings. The van der Waals surface area contributed by atoms with Crippen molar-refractivity contribution in [1.29, 1.82) is 0 Å². The van der Waals surface area contributed by atoms with Gasteiger partial charge >= 0.3 is 0 Å². The van der Waals surface area contributed by atoms with Crippen LogP contribution in [0, 0.1) is 0 Å². The van der Waals surface area contributed by atoms with Crippen LogP contribution in [0.1, 0.15) is 41.1 Å². The Labute approximate surface area is 198 Å². The van der Waals surface area contributed by atoms with Gasteiger partial charge in [-0.1, -0.05) is 83.9 Å². The molecule has 0 saturated carbocycles. The van der Waals surface area contributed by atoms with Crippen LogP contribution in [-0.2, 0) is 22.6 Å². The number of nitrogens with zero attached hydrogens (tertiary/aromatic N) is 1. The summed E-state index contributed by atoms with van der Waals surface area (Å²) in [6, 6.07) is 23.4. The van der Waals surface area contributed by atoms with Gasteiger partial charge in [-0.15, -0.1) is 0 Å². The quantitative estimate of drug-likeness (QED) is 0.516. The third-order valence-electron chi connectivity index (χ3n) is 5.76. The van der Waals surface area contributed by atoms with Crippen molar-refractivity contribution in [1.82, 2.24) is 10.2 Å². The summed E-state index contributed by atoms with van der Waals surface area (Å²) in [5.74, 6) is -0.184. The van der Waals surface area contributed by atoms with Gasteiger partial charge < -0.3 is 10.2 Å². The van der Waals surface area contributed by atoms with Gasteiger partial charge in [0.25, 0.3) is 0 Å². The fourth-order valence-corrected chi connectivity index (χ4v) is 4.45. The van der Waals surface area contributed by atoms with Crippen LogP contribution in [0.15, 0.2) is 72.8 Å². The smallest absolute Gasteiger partial charge is 0.223 e. The van der Waals surface area contributed by atoms with E-state index in [1.807, 2.05) is 41.3 Å². The van der Waals surface area contributed by atoms with E-state index in [9.17, 15) is 9.59 Å². The summed E-state index contributed by atoms with van der Waals surface area (Å²) < 4.78 is 0. The Balaban J connectivity index is 1.40. The average molecular weight is 467 g/mol. The highest BCUT2D eigenvalue weighted by Crippen LogP contribution is 2.35. The largest absolute Gasteiger partial charge is 0.352 e. The minimum absolute atomic E-state index is 0.0157. The Kier molecular flexibility index (Phi) is 7.13. The minimum Gasteiger partial charge on any atom is -0.352 e. The van der Waals surface area contributed by atoms with Crippen LogP contribution in [0.3, 0.4) is 0 Å². The highest BCUT2D eigenvalue weighted by atomic mass is 35.5. The van der Waals surface area contributed by atoms with Gasteiger partial charge in [0.1, 0.15) is 0 Å². The molecule has 0 aromatic heterocycles. The molecule has 6 heteroatoms. The van der Waals surface area contributed by atoms with E-state index in [0.29, 0.717) is 23.1 Å². The lowest BCUT2D eigenvalue weighted by Crippen LogP contribution is -2.41. The molecule has 0 fully saturated rings. The zero-order chi connectivity index (χ0) is 22.5. The zero-order valence-electron chi connectivity index (χ0n) is 17.6. The fourth-order valence-electron chi connectivity index (χ4n) is 4.13. The summed E-state index contributed by atoms with van der Waals surface area (Å²) in [5, 5.41) is 3.78. The van der Waals surface area contributed by atoms with E-state index in [1.165, 1.54) is 5.56 Å². The maximum absolute atomic E-state index is 13.2. The van der Waals surface area contributed by atoms with Crippen molar-refractivity contribution in [3.63, 3.8) is 0 Å². The third-order valence-corrected chi connectivity index (χ3v) is 6.50. The monoisotopic (exact) mass is 466 g/mol. The van der Waals surface area contributed by atoms with Gasteiger partial charge in [0.05, 0.1) is 16.1 Å². The molecule has 0 aliphatic carbocycles. The number of amides is 2. The van der Waals surface area contributed by atoms with E-state index >= 15 is 0 Å². The molecule has 1 aliphatic heterocycles. The predicted molar refractivity (Wildman–Crippen MR) is 128 cm³/mol. The van der Waals surface area contributed by atoms with Crippen molar-refractivity contribution in [3.8, 4) is 0 Å². The molecular formula is C26H24Cl2N2O2. The number of carbonyl (C=O) groups excluding carboxylic acids is 2. The van der Waals surface area contributed by atoms with Crippen LogP contribution in [-0.4, -0.2) is 23.3 Å². The fraction of sp³-hybridized carbons (Fsp3) is 0.231. The molecule has 1 atom stereocenters. The standard InChI is InChI=1S/C26H24Cl2N2O2/c27-22-11-10-18(16-23(22)28)17-29-24(31)12-13-25(32)30-15-14-19-6-4-5-9-21(19)26(30)20-7-2-1-3-8-20/h1-11,16,26H,12-15,17H2,(H,29,31)/t26-/m0/s1. The first-order valence-electron chi connectivity index (χ1n) is 10.7. The molecule has 164 valence electrons. The molecular weight excluding hydrogens is 443 g/mol. The summed E-state index contributed by atoms with van der Waals surface area (Å²) in [7, 11) is 0. The van der Waals surface area contributed by atoms with Crippen LogP contribution in [0.2, 0.25) is 10.0 Å². The second-order valence-electron chi connectivity index (χ2n) is 7.87. The molecule has 0 radical (unpaired) electrons. The van der Waals surface area contributed by atoms with Crippen molar-refractivity contribution in [2.24, 2.45) is 0 Å².